The van der Waals surface area contributed by atoms with Crippen molar-refractivity contribution >= 4 is 34.8 Å². The van der Waals surface area contributed by atoms with Crippen LogP contribution in [0.4, 0.5) is 20.4 Å². The number of alkyl halides is 2. The van der Waals surface area contributed by atoms with E-state index < -0.39 is 12.5 Å². The summed E-state index contributed by atoms with van der Waals surface area (Å²) in [5.74, 6) is 1.54. The smallest absolute Gasteiger partial charge is 0.265 e. The van der Waals surface area contributed by atoms with Gasteiger partial charge in [0.2, 0.25) is 11.8 Å². The molecule has 1 aliphatic heterocycles. The molecule has 0 aliphatic carbocycles. The van der Waals surface area contributed by atoms with Gasteiger partial charge in [0.15, 0.2) is 0 Å². The van der Waals surface area contributed by atoms with Crippen molar-refractivity contribution in [2.75, 3.05) is 30.3 Å². The van der Waals surface area contributed by atoms with Crippen LogP contribution in [0, 0.1) is 6.92 Å². The van der Waals surface area contributed by atoms with Crippen LogP contribution < -0.4 is 20.7 Å². The van der Waals surface area contributed by atoms with Crippen molar-refractivity contribution in [3.8, 4) is 22.9 Å². The van der Waals surface area contributed by atoms with Crippen molar-refractivity contribution in [2.45, 2.75) is 38.3 Å². The molecule has 4 aromatic rings. The van der Waals surface area contributed by atoms with Crippen molar-refractivity contribution in [1.29, 1.82) is 0 Å². The van der Waals surface area contributed by atoms with Gasteiger partial charge in [0.1, 0.15) is 11.9 Å². The summed E-state index contributed by atoms with van der Waals surface area (Å²) in [6.45, 7) is 3.56. The van der Waals surface area contributed by atoms with Crippen molar-refractivity contribution in [3.63, 3.8) is 0 Å². The molecular weight excluding hydrogens is 526 g/mol. The largest absolute Gasteiger partial charge is 0.437 e. The zero-order valence-electron chi connectivity index (χ0n) is 21.4. The number of hydrogen-bond donors (Lipinski definition) is 4. The van der Waals surface area contributed by atoms with E-state index in [0.717, 1.165) is 42.3 Å². The quantitative estimate of drug-likeness (QED) is 0.217. The number of pyridine rings is 1. The SMILES string of the molecule is Cc1ccc2c(NC[C@@H](O)C(F)F)cccc2c1Oc1ncccc1-c1ccnc(N[C@H]2CCCNC2)n1.Cl. The Morgan fingerprint density at radius 2 is 1.95 bits per heavy atom. The summed E-state index contributed by atoms with van der Waals surface area (Å²) in [6.07, 6.45) is 0.952. The first-order valence-electron chi connectivity index (χ1n) is 12.7. The van der Waals surface area contributed by atoms with Crippen molar-refractivity contribution < 1.29 is 18.6 Å². The highest BCUT2D eigenvalue weighted by atomic mass is 35.5. The van der Waals surface area contributed by atoms with Crippen LogP contribution >= 0.6 is 12.4 Å². The van der Waals surface area contributed by atoms with E-state index >= 15 is 0 Å². The number of aryl methyl sites for hydroxylation is 1. The molecule has 1 aliphatic rings. The molecule has 4 N–H and O–H groups in total. The number of fused-ring (bicyclic) bond motifs is 1. The van der Waals surface area contributed by atoms with E-state index in [4.69, 9.17) is 9.72 Å². The van der Waals surface area contributed by atoms with Gasteiger partial charge >= 0.3 is 0 Å². The molecule has 2 atom stereocenters. The Bertz CT molecular complexity index is 1400. The average Bonchev–Trinajstić information content (AvgIpc) is 2.94. The fraction of sp³-hybridized carbons (Fsp3) is 0.321. The van der Waals surface area contributed by atoms with Gasteiger partial charge in [-0.25, -0.2) is 23.7 Å². The topological polar surface area (TPSA) is 104 Å². The molecule has 3 heterocycles. The number of aromatic nitrogens is 3. The Hall–Kier alpha value is -3.60. The Morgan fingerprint density at radius 1 is 1.08 bits per heavy atom. The van der Waals surface area contributed by atoms with Crippen LogP contribution in [-0.4, -0.2) is 58.3 Å². The second kappa shape index (κ2) is 13.0. The molecule has 2 aromatic heterocycles. The Balaban J connectivity index is 0.00000353. The number of rotatable bonds is 9. The molecule has 1 saturated heterocycles. The van der Waals surface area contributed by atoms with Crippen LogP contribution in [0.5, 0.6) is 11.6 Å². The highest BCUT2D eigenvalue weighted by Gasteiger charge is 2.19. The lowest BCUT2D eigenvalue weighted by Crippen LogP contribution is -2.38. The standard InChI is InChI=1S/C28H30F2N6O2.ClH/c1-17-9-10-19-20(6-2-8-22(19)34-16-24(37)26(29)30)25(17)38-27-21(7-4-13-32-27)23-11-14-33-28(36-23)35-18-5-3-12-31-15-18;/h2,4,6-11,13-14,18,24,26,31,34,37H,3,5,12,15-16H2,1H3,(H,33,35,36);1H/t18-,24+;/m0./s1. The van der Waals surface area contributed by atoms with Gasteiger partial charge in [-0.05, 0) is 56.1 Å². The fourth-order valence-corrected chi connectivity index (χ4v) is 4.53. The number of anilines is 2. The van der Waals surface area contributed by atoms with E-state index in [9.17, 15) is 13.9 Å². The molecule has 5 rings (SSSR count). The summed E-state index contributed by atoms with van der Waals surface area (Å²) in [7, 11) is 0. The molecule has 39 heavy (non-hydrogen) atoms. The van der Waals surface area contributed by atoms with E-state index in [2.05, 4.69) is 25.9 Å². The first kappa shape index (κ1) is 28.4. The van der Waals surface area contributed by atoms with Crippen LogP contribution in [0.2, 0.25) is 0 Å². The lowest BCUT2D eigenvalue weighted by Gasteiger charge is -2.23. The van der Waals surface area contributed by atoms with Gasteiger partial charge in [-0.1, -0.05) is 24.3 Å². The van der Waals surface area contributed by atoms with Crippen LogP contribution in [0.25, 0.3) is 22.0 Å². The maximum atomic E-state index is 12.8. The molecule has 0 bridgehead atoms. The number of nitrogens with zero attached hydrogens (tertiary/aromatic N) is 3. The lowest BCUT2D eigenvalue weighted by molar-refractivity contribution is 0.00386. The number of aliphatic hydroxyl groups excluding tert-OH is 1. The van der Waals surface area contributed by atoms with Gasteiger partial charge < -0.3 is 25.8 Å². The molecule has 11 heteroatoms. The number of ether oxygens (including phenoxy) is 1. The first-order chi connectivity index (χ1) is 18.5. The molecule has 8 nitrogen and oxygen atoms in total. The summed E-state index contributed by atoms with van der Waals surface area (Å²) in [5, 5.41) is 20.8. The van der Waals surface area contributed by atoms with E-state index in [1.165, 1.54) is 0 Å². The van der Waals surface area contributed by atoms with E-state index in [1.54, 1.807) is 18.5 Å². The summed E-state index contributed by atoms with van der Waals surface area (Å²) in [4.78, 5) is 13.6. The monoisotopic (exact) mass is 556 g/mol. The summed E-state index contributed by atoms with van der Waals surface area (Å²) >= 11 is 0. The second-order valence-corrected chi connectivity index (χ2v) is 9.31. The van der Waals surface area contributed by atoms with E-state index in [0.29, 0.717) is 34.5 Å². The minimum absolute atomic E-state index is 0. The maximum absolute atomic E-state index is 12.8. The normalized spacial score (nSPS) is 16.0. The molecule has 0 amide bonds. The fourth-order valence-electron chi connectivity index (χ4n) is 4.53. The van der Waals surface area contributed by atoms with Crippen molar-refractivity contribution in [3.05, 3.63) is 66.5 Å². The number of benzene rings is 2. The van der Waals surface area contributed by atoms with E-state index in [1.807, 2.05) is 49.4 Å². The Kier molecular flexibility index (Phi) is 9.45. The second-order valence-electron chi connectivity index (χ2n) is 9.31. The van der Waals surface area contributed by atoms with Crippen molar-refractivity contribution in [1.82, 2.24) is 20.3 Å². The summed E-state index contributed by atoms with van der Waals surface area (Å²) in [6, 6.07) is 15.1. The van der Waals surface area contributed by atoms with Gasteiger partial charge in [0.05, 0.1) is 11.3 Å². The van der Waals surface area contributed by atoms with Crippen LogP contribution in [0.3, 0.4) is 0 Å². The predicted octanol–water partition coefficient (Wildman–Crippen LogP) is 5.42. The molecule has 0 radical (unpaired) electrons. The Morgan fingerprint density at radius 3 is 2.74 bits per heavy atom. The predicted molar refractivity (Wildman–Crippen MR) is 151 cm³/mol. The number of nitrogens with one attached hydrogen (secondary N) is 3. The van der Waals surface area contributed by atoms with Gasteiger partial charge in [0, 0.05) is 48.0 Å². The molecule has 0 unspecified atom stereocenters. The summed E-state index contributed by atoms with van der Waals surface area (Å²) in [5.41, 5.74) is 2.90. The Labute approximate surface area is 231 Å². The lowest BCUT2D eigenvalue weighted by atomic mass is 10.0. The van der Waals surface area contributed by atoms with Crippen LogP contribution in [0.15, 0.2) is 60.9 Å². The van der Waals surface area contributed by atoms with E-state index in [-0.39, 0.29) is 25.0 Å². The zero-order valence-corrected chi connectivity index (χ0v) is 22.2. The van der Waals surface area contributed by atoms with Gasteiger partial charge in [-0.15, -0.1) is 12.4 Å². The zero-order chi connectivity index (χ0) is 26.5. The molecule has 206 valence electrons. The van der Waals surface area contributed by atoms with Crippen molar-refractivity contribution in [2.24, 2.45) is 0 Å². The molecular formula is C28H31ClF2N6O2. The maximum Gasteiger partial charge on any atom is 0.265 e. The molecule has 1 fully saturated rings. The van der Waals surface area contributed by atoms with Crippen LogP contribution in [-0.2, 0) is 0 Å². The molecule has 0 spiro atoms. The first-order valence-corrected chi connectivity index (χ1v) is 12.7. The van der Waals surface area contributed by atoms with Crippen LogP contribution in [0.1, 0.15) is 18.4 Å². The number of aliphatic hydroxyl groups is 1. The number of halogens is 3. The van der Waals surface area contributed by atoms with Gasteiger partial charge in [-0.2, -0.15) is 0 Å². The minimum Gasteiger partial charge on any atom is -0.437 e. The minimum atomic E-state index is -2.82. The summed E-state index contributed by atoms with van der Waals surface area (Å²) < 4.78 is 32.0. The molecule has 2 aromatic carbocycles. The third kappa shape index (κ3) is 6.70. The highest BCUT2D eigenvalue weighted by Crippen LogP contribution is 2.38. The van der Waals surface area contributed by atoms with Gasteiger partial charge in [0.25, 0.3) is 6.43 Å². The number of hydrogen-bond acceptors (Lipinski definition) is 8. The average molecular weight is 557 g/mol. The number of piperidine rings is 1. The third-order valence-electron chi connectivity index (χ3n) is 6.53. The molecule has 0 saturated carbocycles. The highest BCUT2D eigenvalue weighted by molar-refractivity contribution is 5.98. The van der Waals surface area contributed by atoms with Gasteiger partial charge in [-0.3, -0.25) is 0 Å². The third-order valence-corrected chi connectivity index (χ3v) is 6.53.